The SMILES string of the molecule is Cc1cccc(C2=N/C(c3ccc4c5ccccc5c5ccccc5c4c3)=C\CC/C(Cl)=N\2)c1. The van der Waals surface area contributed by atoms with E-state index in [0.717, 1.165) is 23.2 Å². The Labute approximate surface area is 203 Å². The van der Waals surface area contributed by atoms with E-state index >= 15 is 0 Å². The minimum Gasteiger partial charge on any atom is -0.228 e. The van der Waals surface area contributed by atoms with Crippen LogP contribution in [-0.4, -0.2) is 11.0 Å². The molecule has 0 N–H and O–H groups in total. The highest BCUT2D eigenvalue weighted by Gasteiger charge is 2.13. The van der Waals surface area contributed by atoms with Crippen LogP contribution in [-0.2, 0) is 0 Å². The first-order valence-electron chi connectivity index (χ1n) is 11.6. The van der Waals surface area contributed by atoms with Gasteiger partial charge in [-0.2, -0.15) is 0 Å². The van der Waals surface area contributed by atoms with Gasteiger partial charge < -0.3 is 0 Å². The third-order valence-electron chi connectivity index (χ3n) is 6.46. The van der Waals surface area contributed by atoms with Gasteiger partial charge in [-0.1, -0.05) is 102 Å². The van der Waals surface area contributed by atoms with Crippen molar-refractivity contribution in [2.45, 2.75) is 19.8 Å². The zero-order chi connectivity index (χ0) is 23.1. The first-order valence-corrected chi connectivity index (χ1v) is 12.0. The smallest absolute Gasteiger partial charge is 0.161 e. The normalized spacial score (nSPS) is 19.1. The number of hydrogen-bond acceptors (Lipinski definition) is 2. The molecule has 1 heterocycles. The molecule has 0 spiro atoms. The van der Waals surface area contributed by atoms with Crippen molar-refractivity contribution in [3.05, 3.63) is 114 Å². The molecule has 0 amide bonds. The number of halogens is 1. The summed E-state index contributed by atoms with van der Waals surface area (Å²) in [6.45, 7) is 2.08. The Bertz CT molecular complexity index is 1640. The van der Waals surface area contributed by atoms with Gasteiger partial charge in [-0.05, 0) is 57.8 Å². The van der Waals surface area contributed by atoms with Crippen molar-refractivity contribution in [2.75, 3.05) is 0 Å². The summed E-state index contributed by atoms with van der Waals surface area (Å²) in [5, 5.41) is 8.17. The minimum absolute atomic E-state index is 0.589. The first-order chi connectivity index (χ1) is 16.7. The molecule has 1 aliphatic rings. The van der Waals surface area contributed by atoms with Crippen molar-refractivity contribution in [3.8, 4) is 0 Å². The predicted octanol–water partition coefficient (Wildman–Crippen LogP) is 8.67. The summed E-state index contributed by atoms with van der Waals surface area (Å²) >= 11 is 6.41. The molecule has 0 unspecified atom stereocenters. The van der Waals surface area contributed by atoms with Gasteiger partial charge in [0, 0.05) is 17.5 Å². The second-order valence-electron chi connectivity index (χ2n) is 8.77. The van der Waals surface area contributed by atoms with E-state index in [0.29, 0.717) is 17.4 Å². The molecule has 0 saturated heterocycles. The van der Waals surface area contributed by atoms with Crippen LogP contribution in [0.5, 0.6) is 0 Å². The van der Waals surface area contributed by atoms with Gasteiger partial charge in [0.05, 0.1) is 5.70 Å². The molecule has 164 valence electrons. The first kappa shape index (κ1) is 20.8. The third kappa shape index (κ3) is 3.70. The highest BCUT2D eigenvalue weighted by atomic mass is 35.5. The number of nitrogens with zero attached hydrogens (tertiary/aromatic N) is 2. The Hall–Kier alpha value is -3.75. The van der Waals surface area contributed by atoms with Gasteiger partial charge in [-0.3, -0.25) is 0 Å². The fourth-order valence-electron chi connectivity index (χ4n) is 4.85. The summed E-state index contributed by atoms with van der Waals surface area (Å²) in [5.74, 6) is 0.656. The number of allylic oxidation sites excluding steroid dienone is 1. The molecule has 6 rings (SSSR count). The van der Waals surface area contributed by atoms with Gasteiger partial charge in [-0.25, -0.2) is 9.98 Å². The lowest BCUT2D eigenvalue weighted by atomic mass is 9.93. The zero-order valence-corrected chi connectivity index (χ0v) is 19.7. The maximum atomic E-state index is 6.41. The van der Waals surface area contributed by atoms with Gasteiger partial charge in [0.25, 0.3) is 0 Å². The molecule has 5 aromatic carbocycles. The monoisotopic (exact) mass is 458 g/mol. The minimum atomic E-state index is 0.589. The molecule has 2 nitrogen and oxygen atoms in total. The average molecular weight is 459 g/mol. The molecule has 1 aliphatic heterocycles. The quantitative estimate of drug-likeness (QED) is 0.236. The second kappa shape index (κ2) is 8.55. The summed E-state index contributed by atoms with van der Waals surface area (Å²) in [6.07, 6.45) is 3.69. The van der Waals surface area contributed by atoms with E-state index in [-0.39, 0.29) is 0 Å². The third-order valence-corrected chi connectivity index (χ3v) is 6.73. The van der Waals surface area contributed by atoms with Crippen LogP contribution >= 0.6 is 11.6 Å². The van der Waals surface area contributed by atoms with Crippen LogP contribution in [0, 0.1) is 6.92 Å². The number of aryl methyl sites for hydroxylation is 1. The van der Waals surface area contributed by atoms with E-state index in [1.165, 1.54) is 37.9 Å². The molecule has 3 heteroatoms. The van der Waals surface area contributed by atoms with Crippen LogP contribution in [0.15, 0.2) is 107 Å². The molecule has 5 aromatic rings. The maximum Gasteiger partial charge on any atom is 0.161 e. The van der Waals surface area contributed by atoms with E-state index in [1.54, 1.807) is 0 Å². The van der Waals surface area contributed by atoms with Crippen molar-refractivity contribution < 1.29 is 0 Å². The van der Waals surface area contributed by atoms with E-state index in [1.807, 2.05) is 12.1 Å². The molecule has 0 aromatic heterocycles. The van der Waals surface area contributed by atoms with Crippen molar-refractivity contribution in [2.24, 2.45) is 9.98 Å². The summed E-state index contributed by atoms with van der Waals surface area (Å²) in [5.41, 5.74) is 4.17. The average Bonchev–Trinajstić information content (AvgIpc) is 2.86. The van der Waals surface area contributed by atoms with Crippen molar-refractivity contribution in [1.82, 2.24) is 0 Å². The van der Waals surface area contributed by atoms with Crippen LogP contribution in [0.25, 0.3) is 38.0 Å². The molecule has 0 bridgehead atoms. The van der Waals surface area contributed by atoms with Gasteiger partial charge in [0.15, 0.2) is 5.84 Å². The lowest BCUT2D eigenvalue weighted by Gasteiger charge is -2.13. The summed E-state index contributed by atoms with van der Waals surface area (Å²) in [7, 11) is 0. The highest BCUT2D eigenvalue weighted by Crippen LogP contribution is 2.36. The molecule has 0 atom stereocenters. The number of benzene rings is 5. The molecule has 0 aliphatic carbocycles. The van der Waals surface area contributed by atoms with E-state index in [4.69, 9.17) is 16.6 Å². The second-order valence-corrected chi connectivity index (χ2v) is 9.21. The topological polar surface area (TPSA) is 24.7 Å². The van der Waals surface area contributed by atoms with E-state index < -0.39 is 0 Å². The Morgan fingerprint density at radius 3 is 1.94 bits per heavy atom. The zero-order valence-electron chi connectivity index (χ0n) is 18.9. The van der Waals surface area contributed by atoms with Crippen LogP contribution in [0.3, 0.4) is 0 Å². The number of rotatable bonds is 2. The summed E-state index contributed by atoms with van der Waals surface area (Å²) < 4.78 is 0. The summed E-state index contributed by atoms with van der Waals surface area (Å²) in [6, 6.07) is 32.2. The Morgan fingerprint density at radius 2 is 1.26 bits per heavy atom. The predicted molar refractivity (Wildman–Crippen MR) is 147 cm³/mol. The van der Waals surface area contributed by atoms with Crippen LogP contribution in [0.2, 0.25) is 0 Å². The number of aliphatic imine (C=N–C) groups is 2. The van der Waals surface area contributed by atoms with E-state index in [9.17, 15) is 0 Å². The van der Waals surface area contributed by atoms with Crippen LogP contribution < -0.4 is 0 Å². The number of amidine groups is 1. The van der Waals surface area contributed by atoms with Crippen LogP contribution in [0.4, 0.5) is 0 Å². The lowest BCUT2D eigenvalue weighted by Crippen LogP contribution is -2.04. The van der Waals surface area contributed by atoms with Gasteiger partial charge >= 0.3 is 0 Å². The highest BCUT2D eigenvalue weighted by molar-refractivity contribution is 6.66. The van der Waals surface area contributed by atoms with Gasteiger partial charge in [0.1, 0.15) is 5.17 Å². The molecular weight excluding hydrogens is 436 g/mol. The molecule has 34 heavy (non-hydrogen) atoms. The maximum absolute atomic E-state index is 6.41. The summed E-state index contributed by atoms with van der Waals surface area (Å²) in [4.78, 5) is 9.69. The van der Waals surface area contributed by atoms with Crippen LogP contribution in [0.1, 0.15) is 29.5 Å². The molecule has 0 radical (unpaired) electrons. The van der Waals surface area contributed by atoms with Crippen molar-refractivity contribution in [3.63, 3.8) is 0 Å². The Balaban J connectivity index is 1.58. The fourth-order valence-corrected chi connectivity index (χ4v) is 5.04. The van der Waals surface area contributed by atoms with Gasteiger partial charge in [0.2, 0.25) is 0 Å². The largest absolute Gasteiger partial charge is 0.228 e. The fraction of sp³-hybridized carbons (Fsp3) is 0.0968. The Morgan fingerprint density at radius 1 is 0.618 bits per heavy atom. The van der Waals surface area contributed by atoms with Crippen molar-refractivity contribution in [1.29, 1.82) is 0 Å². The van der Waals surface area contributed by atoms with Crippen molar-refractivity contribution >= 4 is 60.6 Å². The molecule has 0 fully saturated rings. The molecular formula is C31H23ClN2. The van der Waals surface area contributed by atoms with Gasteiger partial charge in [-0.15, -0.1) is 0 Å². The number of fused-ring (bicyclic) bond motifs is 6. The Kier molecular flexibility index (Phi) is 5.24. The number of hydrogen-bond donors (Lipinski definition) is 0. The van der Waals surface area contributed by atoms with E-state index in [2.05, 4.69) is 96.9 Å². The standard InChI is InChI=1S/C31H23ClN2/c1-20-8-6-9-22(18-20)31-33-29(14-7-15-30(32)34-31)21-16-17-27-25-12-3-2-10-23(25)24-11-4-5-13-26(24)28(27)19-21/h2-6,8-14,16-19H,7,15H2,1H3/b29-14-,33-31-,34-30+. The molecule has 0 saturated carbocycles. The lowest BCUT2D eigenvalue weighted by molar-refractivity contribution is 1.10.